The highest BCUT2D eigenvalue weighted by Gasteiger charge is 2.42. The fourth-order valence-corrected chi connectivity index (χ4v) is 3.82. The van der Waals surface area contributed by atoms with Crippen molar-refractivity contribution in [2.75, 3.05) is 13.1 Å². The Morgan fingerprint density at radius 1 is 0.706 bits per heavy atom. The Morgan fingerprint density at radius 3 is 1.35 bits per heavy atom. The molecule has 2 rings (SSSR count). The van der Waals surface area contributed by atoms with Gasteiger partial charge in [-0.05, 0) is 60.8 Å². The molecule has 0 saturated carbocycles. The number of hydrogen-bond donors (Lipinski definition) is 0. The van der Waals surface area contributed by atoms with Crippen LogP contribution in [0.2, 0.25) is 0 Å². The van der Waals surface area contributed by atoms with Gasteiger partial charge in [0.05, 0.1) is 0 Å². The van der Waals surface area contributed by atoms with Gasteiger partial charge in [0.2, 0.25) is 0 Å². The van der Waals surface area contributed by atoms with Crippen molar-refractivity contribution in [3.05, 3.63) is 0 Å². The van der Waals surface area contributed by atoms with E-state index in [9.17, 15) is 0 Å². The molecule has 0 N–H and O–H groups in total. The Labute approximate surface area is 107 Å². The fourth-order valence-electron chi connectivity index (χ4n) is 3.82. The molecule has 0 amide bonds. The maximum absolute atomic E-state index is 2.74. The van der Waals surface area contributed by atoms with Gasteiger partial charge in [-0.25, -0.2) is 0 Å². The quantitative estimate of drug-likeness (QED) is 0.640. The average molecular weight is 238 g/mol. The van der Waals surface area contributed by atoms with E-state index in [1.54, 1.807) is 0 Å². The minimum absolute atomic E-state index is 0.347. The molecule has 0 aliphatic carbocycles. The molecule has 2 aliphatic rings. The molecule has 2 heterocycles. The minimum Gasteiger partial charge on any atom is -0.295 e. The van der Waals surface area contributed by atoms with Crippen LogP contribution >= 0.6 is 0 Å². The number of fused-ring (bicyclic) bond motifs is 2. The SMILES string of the molecule is CC(C)(C)N1CCC2CC1CCN2C(C)(C)C. The van der Waals surface area contributed by atoms with Crippen LogP contribution in [0.1, 0.15) is 60.8 Å². The highest BCUT2D eigenvalue weighted by molar-refractivity contribution is 4.98. The van der Waals surface area contributed by atoms with Gasteiger partial charge < -0.3 is 0 Å². The minimum atomic E-state index is 0.347. The van der Waals surface area contributed by atoms with E-state index in [-0.39, 0.29) is 0 Å². The zero-order valence-corrected chi connectivity index (χ0v) is 12.6. The van der Waals surface area contributed by atoms with E-state index in [4.69, 9.17) is 0 Å². The average Bonchev–Trinajstić information content (AvgIpc) is 2.13. The lowest BCUT2D eigenvalue weighted by Crippen LogP contribution is -2.63. The van der Waals surface area contributed by atoms with Gasteiger partial charge in [0, 0.05) is 36.3 Å². The summed E-state index contributed by atoms with van der Waals surface area (Å²) in [5, 5.41) is 0. The first kappa shape index (κ1) is 13.4. The van der Waals surface area contributed by atoms with Crippen molar-refractivity contribution >= 4 is 0 Å². The van der Waals surface area contributed by atoms with E-state index < -0.39 is 0 Å². The van der Waals surface area contributed by atoms with Crippen LogP contribution in [-0.2, 0) is 0 Å². The number of likely N-dealkylation sites (tertiary alicyclic amines) is 2. The maximum atomic E-state index is 2.74. The summed E-state index contributed by atoms with van der Waals surface area (Å²) in [6.07, 6.45) is 4.09. The summed E-state index contributed by atoms with van der Waals surface area (Å²) < 4.78 is 0. The molecule has 2 unspecified atom stereocenters. The van der Waals surface area contributed by atoms with Crippen molar-refractivity contribution in [3.8, 4) is 0 Å². The first-order valence-corrected chi connectivity index (χ1v) is 7.23. The summed E-state index contributed by atoms with van der Waals surface area (Å²) >= 11 is 0. The molecule has 2 atom stereocenters. The first-order valence-electron chi connectivity index (χ1n) is 7.23. The number of piperidine rings is 2. The van der Waals surface area contributed by atoms with Crippen LogP contribution in [0.4, 0.5) is 0 Å². The summed E-state index contributed by atoms with van der Waals surface area (Å²) in [6, 6.07) is 1.65. The van der Waals surface area contributed by atoms with Gasteiger partial charge in [0.25, 0.3) is 0 Å². The summed E-state index contributed by atoms with van der Waals surface area (Å²) in [6.45, 7) is 16.8. The molecule has 17 heavy (non-hydrogen) atoms. The van der Waals surface area contributed by atoms with Crippen LogP contribution in [0.3, 0.4) is 0 Å². The standard InChI is InChI=1S/C15H30N2/c1-14(2,3)16-9-7-13-11-12(16)8-10-17(13)15(4,5)6/h12-13H,7-11H2,1-6H3. The molecule has 2 heteroatoms. The number of rotatable bonds is 0. The molecule has 2 fully saturated rings. The monoisotopic (exact) mass is 238 g/mol. The van der Waals surface area contributed by atoms with Crippen LogP contribution < -0.4 is 0 Å². The molecular weight excluding hydrogens is 208 g/mol. The number of hydrogen-bond acceptors (Lipinski definition) is 2. The molecule has 2 saturated heterocycles. The molecule has 0 spiro atoms. The second-order valence-electron chi connectivity index (χ2n) is 7.85. The predicted octanol–water partition coefficient (Wildman–Crippen LogP) is 3.12. The molecule has 0 radical (unpaired) electrons. The van der Waals surface area contributed by atoms with Crippen molar-refractivity contribution in [2.45, 2.75) is 84.0 Å². The second kappa shape index (κ2) is 4.24. The molecule has 0 aromatic heterocycles. The van der Waals surface area contributed by atoms with E-state index in [0.717, 1.165) is 12.1 Å². The fraction of sp³-hybridized carbons (Fsp3) is 1.00. The van der Waals surface area contributed by atoms with Gasteiger partial charge in [-0.2, -0.15) is 0 Å². The maximum Gasteiger partial charge on any atom is 0.0128 e. The normalized spacial score (nSPS) is 32.8. The Morgan fingerprint density at radius 2 is 1.06 bits per heavy atom. The molecule has 100 valence electrons. The van der Waals surface area contributed by atoms with Crippen LogP contribution in [-0.4, -0.2) is 46.1 Å². The summed E-state index contributed by atoms with van der Waals surface area (Å²) in [5.74, 6) is 0. The van der Waals surface area contributed by atoms with E-state index in [2.05, 4.69) is 51.3 Å². The van der Waals surface area contributed by atoms with Crippen LogP contribution in [0, 0.1) is 0 Å². The van der Waals surface area contributed by atoms with Gasteiger partial charge in [-0.15, -0.1) is 0 Å². The second-order valence-corrected chi connectivity index (χ2v) is 7.85. The van der Waals surface area contributed by atoms with Gasteiger partial charge in [-0.3, -0.25) is 9.80 Å². The van der Waals surface area contributed by atoms with E-state index in [0.29, 0.717) is 11.1 Å². The molecule has 0 aromatic carbocycles. The molecule has 2 bridgehead atoms. The molecule has 2 nitrogen and oxygen atoms in total. The highest BCUT2D eigenvalue weighted by atomic mass is 15.3. The molecular formula is C15H30N2. The van der Waals surface area contributed by atoms with Crippen molar-refractivity contribution < 1.29 is 0 Å². The van der Waals surface area contributed by atoms with Gasteiger partial charge in [0.15, 0.2) is 0 Å². The zero-order chi connectivity index (χ0) is 12.8. The van der Waals surface area contributed by atoms with Crippen molar-refractivity contribution in [1.82, 2.24) is 9.80 Å². The smallest absolute Gasteiger partial charge is 0.0128 e. The van der Waals surface area contributed by atoms with E-state index >= 15 is 0 Å². The third-order valence-corrected chi connectivity index (χ3v) is 4.56. The van der Waals surface area contributed by atoms with Gasteiger partial charge >= 0.3 is 0 Å². The van der Waals surface area contributed by atoms with E-state index in [1.807, 2.05) is 0 Å². The Bertz CT molecular complexity index is 244. The Kier molecular flexibility index (Phi) is 3.33. The zero-order valence-electron chi connectivity index (χ0n) is 12.6. The largest absolute Gasteiger partial charge is 0.295 e. The van der Waals surface area contributed by atoms with E-state index in [1.165, 1.54) is 32.4 Å². The lowest BCUT2D eigenvalue weighted by atomic mass is 9.83. The van der Waals surface area contributed by atoms with Gasteiger partial charge in [0.1, 0.15) is 0 Å². The highest BCUT2D eigenvalue weighted by Crippen LogP contribution is 2.36. The summed E-state index contributed by atoms with van der Waals surface area (Å²) in [7, 11) is 0. The molecule has 0 aromatic rings. The Hall–Kier alpha value is -0.0800. The first-order chi connectivity index (χ1) is 7.69. The predicted molar refractivity (Wildman–Crippen MR) is 74.3 cm³/mol. The summed E-state index contributed by atoms with van der Waals surface area (Å²) in [5.41, 5.74) is 0.694. The van der Waals surface area contributed by atoms with Crippen molar-refractivity contribution in [2.24, 2.45) is 0 Å². The lowest BCUT2D eigenvalue weighted by Gasteiger charge is -2.55. The molecule has 2 aliphatic heterocycles. The lowest BCUT2D eigenvalue weighted by molar-refractivity contribution is -0.0570. The van der Waals surface area contributed by atoms with Crippen molar-refractivity contribution in [3.63, 3.8) is 0 Å². The van der Waals surface area contributed by atoms with Crippen LogP contribution in [0.15, 0.2) is 0 Å². The Balaban J connectivity index is 2.07. The van der Waals surface area contributed by atoms with Gasteiger partial charge in [-0.1, -0.05) is 0 Å². The third kappa shape index (κ3) is 2.68. The van der Waals surface area contributed by atoms with Crippen LogP contribution in [0.5, 0.6) is 0 Å². The van der Waals surface area contributed by atoms with Crippen LogP contribution in [0.25, 0.3) is 0 Å². The topological polar surface area (TPSA) is 6.48 Å². The third-order valence-electron chi connectivity index (χ3n) is 4.56. The van der Waals surface area contributed by atoms with Crippen molar-refractivity contribution in [1.29, 1.82) is 0 Å². The summed E-state index contributed by atoms with van der Waals surface area (Å²) in [4.78, 5) is 5.48. The number of nitrogens with zero attached hydrogens (tertiary/aromatic N) is 2.